The molecule has 5 nitrogen and oxygen atoms in total. The quantitative estimate of drug-likeness (QED) is 0.633. The Morgan fingerprint density at radius 2 is 1.61 bits per heavy atom. The normalized spacial score (nSPS) is 14.9. The first-order chi connectivity index (χ1) is 11.0. The molecule has 1 aliphatic rings. The second kappa shape index (κ2) is 6.42. The minimum absolute atomic E-state index is 0.0105. The largest absolute Gasteiger partial charge is 0.368 e. The van der Waals surface area contributed by atoms with Gasteiger partial charge in [-0.2, -0.15) is 0 Å². The van der Waals surface area contributed by atoms with Gasteiger partial charge < -0.3 is 9.80 Å². The highest BCUT2D eigenvalue weighted by Crippen LogP contribution is 2.31. The fourth-order valence-electron chi connectivity index (χ4n) is 2.72. The predicted octanol–water partition coefficient (Wildman–Crippen LogP) is 3.71. The van der Waals surface area contributed by atoms with Gasteiger partial charge in [-0.25, -0.2) is 4.39 Å². The molecule has 1 aliphatic heterocycles. The first-order valence-electron chi connectivity index (χ1n) is 7.24. The molecule has 0 aromatic heterocycles. The molecule has 1 fully saturated rings. The molecule has 0 aliphatic carbocycles. The molecule has 3 rings (SSSR count). The predicted molar refractivity (Wildman–Crippen MR) is 88.9 cm³/mol. The molecule has 0 spiro atoms. The highest BCUT2D eigenvalue weighted by molar-refractivity contribution is 6.33. The Labute approximate surface area is 138 Å². The van der Waals surface area contributed by atoms with E-state index in [1.54, 1.807) is 18.2 Å². The van der Waals surface area contributed by atoms with Crippen LogP contribution in [0.25, 0.3) is 0 Å². The summed E-state index contributed by atoms with van der Waals surface area (Å²) < 4.78 is 13.0. The van der Waals surface area contributed by atoms with Gasteiger partial charge in [-0.3, -0.25) is 10.1 Å². The Hall–Kier alpha value is -2.34. The van der Waals surface area contributed by atoms with E-state index in [9.17, 15) is 14.5 Å². The standard InChI is InChI=1S/C16H15ClFN3O2/c17-15-11-14(21(22)23)5-6-16(15)20-9-7-19(8-10-20)13-3-1-12(18)2-4-13/h1-6,11H,7-10H2. The van der Waals surface area contributed by atoms with Crippen molar-refractivity contribution in [3.05, 3.63) is 63.4 Å². The molecular weight excluding hydrogens is 321 g/mol. The van der Waals surface area contributed by atoms with Crippen molar-refractivity contribution < 1.29 is 9.31 Å². The third-order valence-corrected chi connectivity index (χ3v) is 4.26. The van der Waals surface area contributed by atoms with E-state index in [0.717, 1.165) is 37.6 Å². The molecule has 1 saturated heterocycles. The van der Waals surface area contributed by atoms with E-state index < -0.39 is 4.92 Å². The molecule has 0 radical (unpaired) electrons. The first kappa shape index (κ1) is 15.6. The monoisotopic (exact) mass is 335 g/mol. The zero-order valence-corrected chi connectivity index (χ0v) is 13.0. The summed E-state index contributed by atoms with van der Waals surface area (Å²) in [7, 11) is 0. The average Bonchev–Trinajstić information content (AvgIpc) is 2.56. The van der Waals surface area contributed by atoms with E-state index >= 15 is 0 Å². The van der Waals surface area contributed by atoms with E-state index in [-0.39, 0.29) is 11.5 Å². The molecule has 23 heavy (non-hydrogen) atoms. The van der Waals surface area contributed by atoms with Crippen molar-refractivity contribution in [1.29, 1.82) is 0 Å². The van der Waals surface area contributed by atoms with E-state index in [0.29, 0.717) is 5.02 Å². The highest BCUT2D eigenvalue weighted by atomic mass is 35.5. The maximum absolute atomic E-state index is 13.0. The van der Waals surface area contributed by atoms with E-state index in [1.807, 2.05) is 0 Å². The molecular formula is C16H15ClFN3O2. The van der Waals surface area contributed by atoms with Gasteiger partial charge in [0, 0.05) is 44.0 Å². The first-order valence-corrected chi connectivity index (χ1v) is 7.62. The summed E-state index contributed by atoms with van der Waals surface area (Å²) in [6.07, 6.45) is 0. The van der Waals surface area contributed by atoms with Crippen LogP contribution in [0.3, 0.4) is 0 Å². The number of nitrogens with zero attached hydrogens (tertiary/aromatic N) is 3. The highest BCUT2D eigenvalue weighted by Gasteiger charge is 2.20. The molecule has 0 amide bonds. The van der Waals surface area contributed by atoms with Gasteiger partial charge in [-0.05, 0) is 30.3 Å². The van der Waals surface area contributed by atoms with Gasteiger partial charge in [0.15, 0.2) is 0 Å². The SMILES string of the molecule is O=[N+]([O-])c1ccc(N2CCN(c3ccc(F)cc3)CC2)c(Cl)c1. The molecule has 2 aromatic carbocycles. The minimum Gasteiger partial charge on any atom is -0.368 e. The van der Waals surface area contributed by atoms with Gasteiger partial charge in [0.25, 0.3) is 5.69 Å². The molecule has 120 valence electrons. The number of nitro benzene ring substituents is 1. The number of rotatable bonds is 3. The lowest BCUT2D eigenvalue weighted by Crippen LogP contribution is -2.46. The number of nitro groups is 1. The summed E-state index contributed by atoms with van der Waals surface area (Å²) in [5.74, 6) is -0.245. The van der Waals surface area contributed by atoms with Crippen LogP contribution in [0.1, 0.15) is 0 Å². The zero-order chi connectivity index (χ0) is 16.4. The van der Waals surface area contributed by atoms with E-state index in [1.165, 1.54) is 24.3 Å². The van der Waals surface area contributed by atoms with Gasteiger partial charge in [-0.1, -0.05) is 11.6 Å². The zero-order valence-electron chi connectivity index (χ0n) is 12.3. The number of benzene rings is 2. The lowest BCUT2D eigenvalue weighted by Gasteiger charge is -2.37. The number of non-ortho nitro benzene ring substituents is 1. The maximum Gasteiger partial charge on any atom is 0.271 e. The summed E-state index contributed by atoms with van der Waals surface area (Å²) in [5.41, 5.74) is 1.78. The lowest BCUT2D eigenvalue weighted by atomic mass is 10.2. The Balaban J connectivity index is 1.69. The van der Waals surface area contributed by atoms with Crippen LogP contribution in [0, 0.1) is 15.9 Å². The molecule has 0 saturated carbocycles. The minimum atomic E-state index is -0.456. The van der Waals surface area contributed by atoms with Crippen molar-refractivity contribution in [3.63, 3.8) is 0 Å². The van der Waals surface area contributed by atoms with Crippen molar-refractivity contribution in [1.82, 2.24) is 0 Å². The fourth-order valence-corrected chi connectivity index (χ4v) is 3.02. The topological polar surface area (TPSA) is 49.6 Å². The summed E-state index contributed by atoms with van der Waals surface area (Å²) >= 11 is 6.18. The summed E-state index contributed by atoms with van der Waals surface area (Å²) in [4.78, 5) is 14.6. The molecule has 0 atom stereocenters. The smallest absolute Gasteiger partial charge is 0.271 e. The van der Waals surface area contributed by atoms with Gasteiger partial charge >= 0.3 is 0 Å². The van der Waals surface area contributed by atoms with Crippen molar-refractivity contribution >= 4 is 28.7 Å². The molecule has 1 heterocycles. The van der Waals surface area contributed by atoms with Gasteiger partial charge in [-0.15, -0.1) is 0 Å². The number of anilines is 2. The summed E-state index contributed by atoms with van der Waals surface area (Å²) in [5, 5.41) is 11.1. The number of hydrogen-bond acceptors (Lipinski definition) is 4. The molecule has 7 heteroatoms. The van der Waals surface area contributed by atoms with Crippen LogP contribution in [0.15, 0.2) is 42.5 Å². The van der Waals surface area contributed by atoms with Gasteiger partial charge in [0.05, 0.1) is 15.6 Å². The van der Waals surface area contributed by atoms with E-state index in [4.69, 9.17) is 11.6 Å². The second-order valence-corrected chi connectivity index (χ2v) is 5.75. The van der Waals surface area contributed by atoms with Crippen molar-refractivity contribution in [2.24, 2.45) is 0 Å². The van der Waals surface area contributed by atoms with Crippen LogP contribution in [0.2, 0.25) is 5.02 Å². The molecule has 0 bridgehead atoms. The molecule has 2 aromatic rings. The van der Waals surface area contributed by atoms with Crippen molar-refractivity contribution in [2.75, 3.05) is 36.0 Å². The van der Waals surface area contributed by atoms with Crippen LogP contribution in [0.5, 0.6) is 0 Å². The van der Waals surface area contributed by atoms with Crippen molar-refractivity contribution in [2.45, 2.75) is 0 Å². The molecule has 0 N–H and O–H groups in total. The van der Waals surface area contributed by atoms with Crippen molar-refractivity contribution in [3.8, 4) is 0 Å². The molecule has 0 unspecified atom stereocenters. The lowest BCUT2D eigenvalue weighted by molar-refractivity contribution is -0.384. The Bertz CT molecular complexity index is 716. The Kier molecular flexibility index (Phi) is 4.34. The van der Waals surface area contributed by atoms with Crippen LogP contribution in [-0.2, 0) is 0 Å². The Morgan fingerprint density at radius 3 is 2.17 bits per heavy atom. The number of piperazine rings is 1. The average molecular weight is 336 g/mol. The third-order valence-electron chi connectivity index (χ3n) is 3.95. The second-order valence-electron chi connectivity index (χ2n) is 5.34. The third kappa shape index (κ3) is 3.37. The summed E-state index contributed by atoms with van der Waals surface area (Å²) in [6, 6.07) is 11.0. The van der Waals surface area contributed by atoms with Crippen LogP contribution in [0.4, 0.5) is 21.5 Å². The summed E-state index contributed by atoms with van der Waals surface area (Å²) in [6.45, 7) is 3.04. The number of hydrogen-bond donors (Lipinski definition) is 0. The fraction of sp³-hybridized carbons (Fsp3) is 0.250. The van der Waals surface area contributed by atoms with E-state index in [2.05, 4.69) is 9.80 Å². The van der Waals surface area contributed by atoms with Crippen LogP contribution in [-0.4, -0.2) is 31.1 Å². The van der Waals surface area contributed by atoms with Crippen LogP contribution >= 0.6 is 11.6 Å². The van der Waals surface area contributed by atoms with Crippen LogP contribution < -0.4 is 9.80 Å². The van der Waals surface area contributed by atoms with Gasteiger partial charge in [0.1, 0.15) is 5.82 Å². The maximum atomic E-state index is 13.0. The van der Waals surface area contributed by atoms with Gasteiger partial charge in [0.2, 0.25) is 0 Å². The number of halogens is 2. The Morgan fingerprint density at radius 1 is 1.00 bits per heavy atom.